The van der Waals surface area contributed by atoms with Gasteiger partial charge in [-0.15, -0.1) is 11.8 Å². The molecule has 2 rings (SSSR count). The predicted molar refractivity (Wildman–Crippen MR) is 117 cm³/mol. The molecular weight excluding hydrogens is 392 g/mol. The Morgan fingerprint density at radius 3 is 2.46 bits per heavy atom. The third-order valence-corrected chi connectivity index (χ3v) is 5.71. The maximum absolute atomic E-state index is 13.0. The molecule has 150 valence electrons. The van der Waals surface area contributed by atoms with E-state index in [1.165, 1.54) is 11.8 Å². The molecular formula is C22H27ClN2O2S. The van der Waals surface area contributed by atoms with Crippen LogP contribution in [-0.2, 0) is 21.9 Å². The number of likely N-dealkylation sites (N-methyl/N-ethyl adjacent to an activating group) is 1. The fraction of sp³-hybridized carbons (Fsp3) is 0.364. The van der Waals surface area contributed by atoms with Crippen LogP contribution in [-0.4, -0.2) is 35.6 Å². The minimum absolute atomic E-state index is 0.0388. The minimum Gasteiger partial charge on any atom is -0.357 e. The predicted octanol–water partition coefficient (Wildman–Crippen LogP) is 4.44. The highest BCUT2D eigenvalue weighted by atomic mass is 35.5. The van der Waals surface area contributed by atoms with Crippen molar-refractivity contribution in [1.29, 1.82) is 0 Å². The average Bonchev–Trinajstić information content (AvgIpc) is 2.69. The lowest BCUT2D eigenvalue weighted by atomic mass is 10.1. The molecule has 0 aliphatic carbocycles. The van der Waals surface area contributed by atoms with E-state index in [1.54, 1.807) is 11.9 Å². The van der Waals surface area contributed by atoms with Crippen LogP contribution in [0.2, 0.25) is 5.02 Å². The molecule has 6 heteroatoms. The molecule has 0 heterocycles. The summed E-state index contributed by atoms with van der Waals surface area (Å²) in [5, 5.41) is 3.37. The Bertz CT molecular complexity index is 795. The molecule has 2 amide bonds. The summed E-state index contributed by atoms with van der Waals surface area (Å²) in [4.78, 5) is 27.0. The first-order chi connectivity index (χ1) is 13.4. The Hall–Kier alpha value is -1.98. The van der Waals surface area contributed by atoms with E-state index in [4.69, 9.17) is 11.6 Å². The standard InChI is InChI=1S/C22H27ClN2O2S/c1-4-20(22(27)24-3)25(13-17-10-8-16(2)9-11-17)21(26)15-28-14-18-6-5-7-19(23)12-18/h5-12,20H,4,13-15H2,1-3H3,(H,24,27)/t20-/m1/s1. The number of hydrogen-bond donors (Lipinski definition) is 1. The van der Waals surface area contributed by atoms with Crippen LogP contribution in [0.5, 0.6) is 0 Å². The van der Waals surface area contributed by atoms with Gasteiger partial charge in [0.1, 0.15) is 6.04 Å². The fourth-order valence-electron chi connectivity index (χ4n) is 2.94. The summed E-state index contributed by atoms with van der Waals surface area (Å²) in [5.41, 5.74) is 3.26. The molecule has 0 aliphatic heterocycles. The first kappa shape index (κ1) is 22.3. The number of nitrogens with one attached hydrogen (secondary N) is 1. The molecule has 0 aliphatic rings. The maximum Gasteiger partial charge on any atom is 0.242 e. The summed E-state index contributed by atoms with van der Waals surface area (Å²) in [6.45, 7) is 4.37. The number of nitrogens with zero attached hydrogens (tertiary/aromatic N) is 1. The van der Waals surface area contributed by atoms with Crippen LogP contribution >= 0.6 is 23.4 Å². The van der Waals surface area contributed by atoms with Gasteiger partial charge in [0.05, 0.1) is 5.75 Å². The largest absolute Gasteiger partial charge is 0.357 e. The second-order valence-electron chi connectivity index (χ2n) is 6.67. The highest BCUT2D eigenvalue weighted by Crippen LogP contribution is 2.19. The Morgan fingerprint density at radius 1 is 1.14 bits per heavy atom. The van der Waals surface area contributed by atoms with Crippen molar-refractivity contribution in [2.75, 3.05) is 12.8 Å². The van der Waals surface area contributed by atoms with Gasteiger partial charge >= 0.3 is 0 Å². The molecule has 28 heavy (non-hydrogen) atoms. The van der Waals surface area contributed by atoms with Crippen LogP contribution in [0.4, 0.5) is 0 Å². The maximum atomic E-state index is 13.0. The van der Waals surface area contributed by atoms with E-state index in [2.05, 4.69) is 5.32 Å². The number of halogens is 1. The Balaban J connectivity index is 2.08. The zero-order valence-electron chi connectivity index (χ0n) is 16.6. The van der Waals surface area contributed by atoms with Crippen molar-refractivity contribution in [3.63, 3.8) is 0 Å². The van der Waals surface area contributed by atoms with Gasteiger partial charge in [-0.3, -0.25) is 9.59 Å². The number of aryl methyl sites for hydroxylation is 1. The lowest BCUT2D eigenvalue weighted by Gasteiger charge is -2.30. The normalized spacial score (nSPS) is 11.7. The zero-order valence-corrected chi connectivity index (χ0v) is 18.1. The van der Waals surface area contributed by atoms with Gasteiger partial charge in [-0.2, -0.15) is 0 Å². The summed E-state index contributed by atoms with van der Waals surface area (Å²) in [5.74, 6) is 0.832. The quantitative estimate of drug-likeness (QED) is 0.655. The van der Waals surface area contributed by atoms with E-state index in [0.29, 0.717) is 29.5 Å². The monoisotopic (exact) mass is 418 g/mol. The molecule has 1 atom stereocenters. The van der Waals surface area contributed by atoms with E-state index in [-0.39, 0.29) is 11.8 Å². The second-order valence-corrected chi connectivity index (χ2v) is 8.09. The lowest BCUT2D eigenvalue weighted by molar-refractivity contribution is -0.139. The molecule has 0 aromatic heterocycles. The third-order valence-electron chi connectivity index (χ3n) is 4.49. The van der Waals surface area contributed by atoms with Gasteiger partial charge in [-0.25, -0.2) is 0 Å². The average molecular weight is 419 g/mol. The van der Waals surface area contributed by atoms with Crippen LogP contribution in [0.15, 0.2) is 48.5 Å². The van der Waals surface area contributed by atoms with Crippen molar-refractivity contribution in [3.8, 4) is 0 Å². The van der Waals surface area contributed by atoms with E-state index >= 15 is 0 Å². The van der Waals surface area contributed by atoms with E-state index < -0.39 is 6.04 Å². The van der Waals surface area contributed by atoms with Gasteiger partial charge < -0.3 is 10.2 Å². The molecule has 0 radical (unpaired) electrons. The first-order valence-electron chi connectivity index (χ1n) is 9.33. The number of hydrogen-bond acceptors (Lipinski definition) is 3. The van der Waals surface area contributed by atoms with Crippen LogP contribution in [0.1, 0.15) is 30.0 Å². The number of carbonyl (C=O) groups excluding carboxylic acids is 2. The summed E-state index contributed by atoms with van der Waals surface area (Å²) in [6.07, 6.45) is 0.566. The summed E-state index contributed by atoms with van der Waals surface area (Å²) >= 11 is 7.55. The van der Waals surface area contributed by atoms with Crippen molar-refractivity contribution in [1.82, 2.24) is 10.2 Å². The Labute approximate surface area is 176 Å². The topological polar surface area (TPSA) is 49.4 Å². The van der Waals surface area contributed by atoms with Gasteiger partial charge in [-0.1, -0.05) is 60.5 Å². The molecule has 0 saturated heterocycles. The highest BCUT2D eigenvalue weighted by molar-refractivity contribution is 7.99. The lowest BCUT2D eigenvalue weighted by Crippen LogP contribution is -2.48. The number of amides is 2. The van der Waals surface area contributed by atoms with Crippen molar-refractivity contribution in [2.24, 2.45) is 0 Å². The fourth-order valence-corrected chi connectivity index (χ4v) is 4.01. The van der Waals surface area contributed by atoms with Crippen molar-refractivity contribution >= 4 is 35.2 Å². The van der Waals surface area contributed by atoms with Crippen LogP contribution in [0.25, 0.3) is 0 Å². The first-order valence-corrected chi connectivity index (χ1v) is 10.9. The molecule has 0 saturated carbocycles. The minimum atomic E-state index is -0.481. The van der Waals surface area contributed by atoms with Gasteiger partial charge in [0.15, 0.2) is 0 Å². The Kier molecular flexibility index (Phi) is 8.87. The summed E-state index contributed by atoms with van der Waals surface area (Å²) in [6, 6.07) is 15.2. The SMILES string of the molecule is CC[C@H](C(=O)NC)N(Cc1ccc(C)cc1)C(=O)CSCc1cccc(Cl)c1. The van der Waals surface area contributed by atoms with E-state index in [0.717, 1.165) is 16.7 Å². The van der Waals surface area contributed by atoms with E-state index in [1.807, 2.05) is 62.4 Å². The van der Waals surface area contributed by atoms with Crippen LogP contribution in [0.3, 0.4) is 0 Å². The second kappa shape index (κ2) is 11.1. The van der Waals surface area contributed by atoms with Gasteiger partial charge in [0.25, 0.3) is 0 Å². The molecule has 1 N–H and O–H groups in total. The van der Waals surface area contributed by atoms with Crippen molar-refractivity contribution < 1.29 is 9.59 Å². The molecule has 0 unspecified atom stereocenters. The number of rotatable bonds is 9. The van der Waals surface area contributed by atoms with Crippen molar-refractivity contribution in [3.05, 3.63) is 70.2 Å². The summed E-state index contributed by atoms with van der Waals surface area (Å²) in [7, 11) is 1.60. The number of benzene rings is 2. The van der Waals surface area contributed by atoms with Crippen LogP contribution < -0.4 is 5.32 Å². The molecule has 2 aromatic carbocycles. The molecule has 4 nitrogen and oxygen atoms in total. The Morgan fingerprint density at radius 2 is 1.86 bits per heavy atom. The number of carbonyl (C=O) groups is 2. The van der Waals surface area contributed by atoms with Crippen molar-refractivity contribution in [2.45, 2.75) is 38.6 Å². The molecule has 0 bridgehead atoms. The van der Waals surface area contributed by atoms with Gasteiger partial charge in [0.2, 0.25) is 11.8 Å². The smallest absolute Gasteiger partial charge is 0.242 e. The van der Waals surface area contributed by atoms with Crippen LogP contribution in [0, 0.1) is 6.92 Å². The molecule has 0 spiro atoms. The summed E-state index contributed by atoms with van der Waals surface area (Å²) < 4.78 is 0. The zero-order chi connectivity index (χ0) is 20.5. The highest BCUT2D eigenvalue weighted by Gasteiger charge is 2.27. The molecule has 0 fully saturated rings. The number of thioether (sulfide) groups is 1. The molecule has 2 aromatic rings. The van der Waals surface area contributed by atoms with Gasteiger partial charge in [0, 0.05) is 24.4 Å². The van der Waals surface area contributed by atoms with E-state index in [9.17, 15) is 9.59 Å². The third kappa shape index (κ3) is 6.57. The van der Waals surface area contributed by atoms with Gasteiger partial charge in [-0.05, 0) is 36.6 Å².